The van der Waals surface area contributed by atoms with Crippen LogP contribution < -0.4 is 0 Å². The Morgan fingerprint density at radius 1 is 1.05 bits per heavy atom. The summed E-state index contributed by atoms with van der Waals surface area (Å²) in [6.07, 6.45) is 5.38. The SMILES string of the molecule is O=C1OC(c2cccc(I)c2)=N/C1=C\C=C\c1ccccc1. The number of benzene rings is 2. The lowest BCUT2D eigenvalue weighted by molar-refractivity contribution is -0.130. The van der Waals surface area contributed by atoms with Crippen molar-refractivity contribution in [2.75, 3.05) is 0 Å². The molecule has 108 valence electrons. The van der Waals surface area contributed by atoms with E-state index in [0.717, 1.165) is 14.7 Å². The molecule has 2 aromatic rings. The molecule has 1 heterocycles. The molecule has 0 aliphatic carbocycles. The van der Waals surface area contributed by atoms with Gasteiger partial charge in [-0.1, -0.05) is 48.6 Å². The molecule has 3 nitrogen and oxygen atoms in total. The van der Waals surface area contributed by atoms with Crippen molar-refractivity contribution in [2.45, 2.75) is 0 Å². The normalized spacial score (nSPS) is 16.1. The second-order valence-electron chi connectivity index (χ2n) is 4.64. The van der Waals surface area contributed by atoms with Gasteiger partial charge in [0.1, 0.15) is 0 Å². The summed E-state index contributed by atoms with van der Waals surface area (Å²) in [5.74, 6) is -0.0746. The Kier molecular flexibility index (Phi) is 4.48. The van der Waals surface area contributed by atoms with Crippen LogP contribution in [0.15, 0.2) is 77.4 Å². The van der Waals surface area contributed by atoms with E-state index in [4.69, 9.17) is 4.74 Å². The summed E-state index contributed by atoms with van der Waals surface area (Å²) in [4.78, 5) is 16.1. The second-order valence-corrected chi connectivity index (χ2v) is 5.88. The van der Waals surface area contributed by atoms with Crippen LogP contribution in [0, 0.1) is 3.57 Å². The summed E-state index contributed by atoms with van der Waals surface area (Å²) in [6.45, 7) is 0. The number of halogens is 1. The van der Waals surface area contributed by atoms with E-state index in [2.05, 4.69) is 27.6 Å². The van der Waals surface area contributed by atoms with Gasteiger partial charge in [-0.15, -0.1) is 0 Å². The van der Waals surface area contributed by atoms with Crippen LogP contribution >= 0.6 is 22.6 Å². The van der Waals surface area contributed by atoms with Crippen molar-refractivity contribution in [1.29, 1.82) is 0 Å². The minimum absolute atomic E-state index is 0.307. The van der Waals surface area contributed by atoms with Crippen LogP contribution in [0.2, 0.25) is 0 Å². The third kappa shape index (κ3) is 3.51. The van der Waals surface area contributed by atoms with Gasteiger partial charge in [-0.05, 0) is 52.4 Å². The molecule has 0 saturated carbocycles. The first kappa shape index (κ1) is 14.7. The first-order chi connectivity index (χ1) is 10.7. The van der Waals surface area contributed by atoms with Crippen molar-refractivity contribution in [3.8, 4) is 0 Å². The summed E-state index contributed by atoms with van der Waals surface area (Å²) in [5.41, 5.74) is 2.17. The molecule has 1 aliphatic heterocycles. The Morgan fingerprint density at radius 2 is 1.86 bits per heavy atom. The van der Waals surface area contributed by atoms with Crippen LogP contribution in [0.25, 0.3) is 6.08 Å². The minimum atomic E-state index is -0.424. The molecule has 22 heavy (non-hydrogen) atoms. The van der Waals surface area contributed by atoms with Gasteiger partial charge in [0.25, 0.3) is 0 Å². The highest BCUT2D eigenvalue weighted by Gasteiger charge is 2.23. The van der Waals surface area contributed by atoms with E-state index in [1.807, 2.05) is 60.7 Å². The summed E-state index contributed by atoms with van der Waals surface area (Å²) in [5, 5.41) is 0. The van der Waals surface area contributed by atoms with Gasteiger partial charge >= 0.3 is 5.97 Å². The predicted octanol–water partition coefficient (Wildman–Crippen LogP) is 4.19. The fourth-order valence-electron chi connectivity index (χ4n) is 1.98. The smallest absolute Gasteiger partial charge is 0.363 e. The molecule has 0 fully saturated rings. The maximum atomic E-state index is 11.8. The Hall–Kier alpha value is -2.21. The molecular formula is C18H12INO2. The van der Waals surface area contributed by atoms with Gasteiger partial charge < -0.3 is 4.74 Å². The number of rotatable bonds is 3. The van der Waals surface area contributed by atoms with Gasteiger partial charge in [-0.2, -0.15) is 0 Å². The maximum absolute atomic E-state index is 11.8. The molecule has 0 unspecified atom stereocenters. The molecule has 0 bridgehead atoms. The molecular weight excluding hydrogens is 389 g/mol. The fraction of sp³-hybridized carbons (Fsp3) is 0. The molecule has 0 radical (unpaired) electrons. The molecule has 0 spiro atoms. The van der Waals surface area contributed by atoms with Crippen LogP contribution in [-0.4, -0.2) is 11.9 Å². The predicted molar refractivity (Wildman–Crippen MR) is 95.3 cm³/mol. The third-order valence-corrected chi connectivity index (χ3v) is 3.71. The van der Waals surface area contributed by atoms with Gasteiger partial charge in [-0.25, -0.2) is 9.79 Å². The molecule has 3 rings (SSSR count). The standard InChI is InChI=1S/C18H12INO2/c19-15-10-5-9-14(12-15)17-20-16(18(21)22-17)11-4-8-13-6-2-1-3-7-13/h1-12H/b8-4+,16-11-. The minimum Gasteiger partial charge on any atom is -0.402 e. The largest absolute Gasteiger partial charge is 0.402 e. The third-order valence-electron chi connectivity index (χ3n) is 3.03. The molecule has 1 aliphatic rings. The average Bonchev–Trinajstić information content (AvgIpc) is 2.90. The molecule has 2 aromatic carbocycles. The Bertz CT molecular complexity index is 792. The highest BCUT2D eigenvalue weighted by Crippen LogP contribution is 2.18. The quantitative estimate of drug-likeness (QED) is 0.440. The molecule has 0 aromatic heterocycles. The number of esters is 1. The number of hydrogen-bond donors (Lipinski definition) is 0. The number of carbonyl (C=O) groups is 1. The highest BCUT2D eigenvalue weighted by atomic mass is 127. The van der Waals surface area contributed by atoms with Gasteiger partial charge in [0.15, 0.2) is 5.70 Å². The summed E-state index contributed by atoms with van der Waals surface area (Å²) >= 11 is 2.21. The average molecular weight is 401 g/mol. The summed E-state index contributed by atoms with van der Waals surface area (Å²) < 4.78 is 6.29. The van der Waals surface area contributed by atoms with Crippen molar-refractivity contribution in [3.63, 3.8) is 0 Å². The molecule has 0 amide bonds. The lowest BCUT2D eigenvalue weighted by atomic mass is 10.2. The number of carbonyl (C=O) groups excluding carboxylic acids is 1. The summed E-state index contributed by atoms with van der Waals surface area (Å²) in [6, 6.07) is 17.5. The Labute approximate surface area is 142 Å². The molecule has 0 N–H and O–H groups in total. The van der Waals surface area contributed by atoms with Crippen molar-refractivity contribution >= 4 is 40.5 Å². The van der Waals surface area contributed by atoms with Crippen LogP contribution in [0.5, 0.6) is 0 Å². The molecule has 0 atom stereocenters. The fourth-order valence-corrected chi connectivity index (χ4v) is 2.53. The lowest BCUT2D eigenvalue weighted by Crippen LogP contribution is -2.05. The van der Waals surface area contributed by atoms with Crippen LogP contribution in [0.1, 0.15) is 11.1 Å². The zero-order chi connectivity index (χ0) is 15.4. The topological polar surface area (TPSA) is 38.7 Å². The lowest BCUT2D eigenvalue weighted by Gasteiger charge is -1.99. The first-order valence-corrected chi connectivity index (χ1v) is 7.80. The van der Waals surface area contributed by atoms with E-state index in [1.54, 1.807) is 12.2 Å². The zero-order valence-corrected chi connectivity index (χ0v) is 13.7. The van der Waals surface area contributed by atoms with E-state index in [9.17, 15) is 4.79 Å². The van der Waals surface area contributed by atoms with Crippen molar-refractivity contribution < 1.29 is 9.53 Å². The van der Waals surface area contributed by atoms with Crippen LogP contribution in [0.4, 0.5) is 0 Å². The number of allylic oxidation sites excluding steroid dienone is 2. The molecule has 0 saturated heterocycles. The second kappa shape index (κ2) is 6.70. The van der Waals surface area contributed by atoms with Gasteiger partial charge in [-0.3, -0.25) is 0 Å². The first-order valence-electron chi connectivity index (χ1n) is 6.72. The maximum Gasteiger partial charge on any atom is 0.363 e. The zero-order valence-electron chi connectivity index (χ0n) is 11.6. The number of ether oxygens (including phenoxy) is 1. The number of hydrogen-bond acceptors (Lipinski definition) is 3. The van der Waals surface area contributed by atoms with Gasteiger partial charge in [0.2, 0.25) is 5.90 Å². The highest BCUT2D eigenvalue weighted by molar-refractivity contribution is 14.1. The van der Waals surface area contributed by atoms with Crippen molar-refractivity contribution in [2.24, 2.45) is 4.99 Å². The van der Waals surface area contributed by atoms with E-state index < -0.39 is 5.97 Å². The van der Waals surface area contributed by atoms with Gasteiger partial charge in [0.05, 0.1) is 0 Å². The van der Waals surface area contributed by atoms with Crippen LogP contribution in [-0.2, 0) is 9.53 Å². The van der Waals surface area contributed by atoms with Crippen molar-refractivity contribution in [1.82, 2.24) is 0 Å². The summed E-state index contributed by atoms with van der Waals surface area (Å²) in [7, 11) is 0. The van der Waals surface area contributed by atoms with Gasteiger partial charge in [0, 0.05) is 9.13 Å². The van der Waals surface area contributed by atoms with E-state index in [1.165, 1.54) is 0 Å². The van der Waals surface area contributed by atoms with Crippen LogP contribution in [0.3, 0.4) is 0 Å². The van der Waals surface area contributed by atoms with E-state index in [0.29, 0.717) is 11.6 Å². The van der Waals surface area contributed by atoms with E-state index in [-0.39, 0.29) is 0 Å². The number of aliphatic imine (C=N–C) groups is 1. The Balaban J connectivity index is 1.81. The van der Waals surface area contributed by atoms with Crippen molar-refractivity contribution in [3.05, 3.63) is 87.1 Å². The number of nitrogens with zero attached hydrogens (tertiary/aromatic N) is 1. The number of cyclic esters (lactones) is 1. The Morgan fingerprint density at radius 3 is 2.64 bits per heavy atom. The van der Waals surface area contributed by atoms with E-state index >= 15 is 0 Å². The molecule has 4 heteroatoms. The monoisotopic (exact) mass is 401 g/mol.